The number of carbonyl (C=O) groups is 2. The van der Waals surface area contributed by atoms with E-state index < -0.39 is 10.0 Å². The van der Waals surface area contributed by atoms with E-state index in [1.807, 2.05) is 0 Å². The van der Waals surface area contributed by atoms with Gasteiger partial charge in [-0.3, -0.25) is 14.3 Å². The summed E-state index contributed by atoms with van der Waals surface area (Å²) in [5, 5.41) is 5.60. The maximum Gasteiger partial charge on any atom is 0.262 e. The van der Waals surface area contributed by atoms with Crippen LogP contribution in [0.25, 0.3) is 0 Å². The standard InChI is InChI=1S/C23H29N3O5S/c1-31-21-10-6-5-9-20(21)26-32(29,30)19-13-11-18(12-14-19)23(28)25-16-15-24-22(27)17-7-3-2-4-8-17/h5-6,9-14,17,26H,2-4,7-8,15-16H2,1H3,(H,24,27)(H,25,28). The highest BCUT2D eigenvalue weighted by Crippen LogP contribution is 2.26. The van der Waals surface area contributed by atoms with Gasteiger partial charge in [0, 0.05) is 24.6 Å². The molecule has 3 rings (SSSR count). The molecule has 0 saturated heterocycles. The van der Waals surface area contributed by atoms with Crippen molar-refractivity contribution in [3.8, 4) is 5.75 Å². The van der Waals surface area contributed by atoms with Gasteiger partial charge in [0.15, 0.2) is 0 Å². The van der Waals surface area contributed by atoms with E-state index in [1.165, 1.54) is 37.8 Å². The number of anilines is 1. The van der Waals surface area contributed by atoms with Crippen LogP contribution in [0.15, 0.2) is 53.4 Å². The molecule has 1 aliphatic carbocycles. The zero-order valence-electron chi connectivity index (χ0n) is 18.1. The maximum absolute atomic E-state index is 12.6. The minimum Gasteiger partial charge on any atom is -0.495 e. The van der Waals surface area contributed by atoms with Crippen LogP contribution in [0, 0.1) is 5.92 Å². The highest BCUT2D eigenvalue weighted by Gasteiger charge is 2.20. The number of rotatable bonds is 9. The van der Waals surface area contributed by atoms with Gasteiger partial charge in [-0.1, -0.05) is 31.4 Å². The average Bonchev–Trinajstić information content (AvgIpc) is 2.82. The van der Waals surface area contributed by atoms with Gasteiger partial charge < -0.3 is 15.4 Å². The second-order valence-electron chi connectivity index (χ2n) is 7.71. The Kier molecular flexibility index (Phi) is 8.10. The van der Waals surface area contributed by atoms with Crippen LogP contribution in [0.2, 0.25) is 0 Å². The topological polar surface area (TPSA) is 114 Å². The number of nitrogens with one attached hydrogen (secondary N) is 3. The smallest absolute Gasteiger partial charge is 0.262 e. The number of para-hydroxylation sites is 2. The van der Waals surface area contributed by atoms with Crippen molar-refractivity contribution in [3.05, 3.63) is 54.1 Å². The molecule has 1 fully saturated rings. The summed E-state index contributed by atoms with van der Waals surface area (Å²) >= 11 is 0. The van der Waals surface area contributed by atoms with Gasteiger partial charge in [-0.15, -0.1) is 0 Å². The first-order valence-electron chi connectivity index (χ1n) is 10.7. The van der Waals surface area contributed by atoms with Crippen molar-refractivity contribution in [2.24, 2.45) is 5.92 Å². The van der Waals surface area contributed by atoms with Crippen LogP contribution in [-0.2, 0) is 14.8 Å². The number of hydrogen-bond donors (Lipinski definition) is 3. The van der Waals surface area contributed by atoms with Gasteiger partial charge in [-0.25, -0.2) is 8.42 Å². The van der Waals surface area contributed by atoms with Crippen molar-refractivity contribution in [1.29, 1.82) is 0 Å². The zero-order valence-corrected chi connectivity index (χ0v) is 18.9. The highest BCUT2D eigenvalue weighted by atomic mass is 32.2. The van der Waals surface area contributed by atoms with Crippen LogP contribution in [0.4, 0.5) is 5.69 Å². The van der Waals surface area contributed by atoms with E-state index in [0.717, 1.165) is 25.7 Å². The van der Waals surface area contributed by atoms with Crippen LogP contribution < -0.4 is 20.1 Å². The van der Waals surface area contributed by atoms with Gasteiger partial charge in [-0.05, 0) is 49.2 Å². The summed E-state index contributed by atoms with van der Waals surface area (Å²) in [6.07, 6.45) is 5.24. The first-order chi connectivity index (χ1) is 15.4. The molecule has 0 bridgehead atoms. The molecule has 1 aliphatic rings. The Morgan fingerprint density at radius 3 is 2.28 bits per heavy atom. The van der Waals surface area contributed by atoms with E-state index in [2.05, 4.69) is 15.4 Å². The third kappa shape index (κ3) is 6.23. The quantitative estimate of drug-likeness (QED) is 0.499. The van der Waals surface area contributed by atoms with Crippen molar-refractivity contribution in [2.75, 3.05) is 24.9 Å². The van der Waals surface area contributed by atoms with Crippen LogP contribution in [0.3, 0.4) is 0 Å². The third-order valence-corrected chi connectivity index (χ3v) is 6.85. The number of methoxy groups -OCH3 is 1. The van der Waals surface area contributed by atoms with E-state index in [-0.39, 0.29) is 22.6 Å². The summed E-state index contributed by atoms with van der Waals surface area (Å²) in [4.78, 5) is 24.5. The molecule has 0 atom stereocenters. The Morgan fingerprint density at radius 1 is 0.938 bits per heavy atom. The van der Waals surface area contributed by atoms with E-state index in [1.54, 1.807) is 24.3 Å². The molecule has 9 heteroatoms. The van der Waals surface area contributed by atoms with Crippen molar-refractivity contribution < 1.29 is 22.7 Å². The second-order valence-corrected chi connectivity index (χ2v) is 9.39. The zero-order chi connectivity index (χ0) is 23.0. The Labute approximate surface area is 188 Å². The van der Waals surface area contributed by atoms with Gasteiger partial charge in [0.05, 0.1) is 17.7 Å². The molecule has 8 nitrogen and oxygen atoms in total. The molecular formula is C23H29N3O5S. The second kappa shape index (κ2) is 11.0. The molecule has 0 aliphatic heterocycles. The molecule has 32 heavy (non-hydrogen) atoms. The highest BCUT2D eigenvalue weighted by molar-refractivity contribution is 7.92. The lowest BCUT2D eigenvalue weighted by atomic mass is 9.89. The molecule has 0 unspecified atom stereocenters. The normalized spacial score (nSPS) is 14.4. The first-order valence-corrected chi connectivity index (χ1v) is 12.2. The summed E-state index contributed by atoms with van der Waals surface area (Å²) in [6, 6.07) is 12.3. The Morgan fingerprint density at radius 2 is 1.59 bits per heavy atom. The van der Waals surface area contributed by atoms with E-state index in [0.29, 0.717) is 30.1 Å². The lowest BCUT2D eigenvalue weighted by Crippen LogP contribution is -2.38. The minimum atomic E-state index is -3.84. The number of ether oxygens (including phenoxy) is 1. The molecule has 3 N–H and O–H groups in total. The largest absolute Gasteiger partial charge is 0.495 e. The van der Waals surface area contributed by atoms with E-state index in [4.69, 9.17) is 4.74 Å². The molecule has 1 saturated carbocycles. The SMILES string of the molecule is COc1ccccc1NS(=O)(=O)c1ccc(C(=O)NCCNC(=O)C2CCCCC2)cc1. The number of amides is 2. The van der Waals surface area contributed by atoms with Gasteiger partial charge in [0.1, 0.15) is 5.75 Å². The predicted molar refractivity (Wildman–Crippen MR) is 122 cm³/mol. The summed E-state index contributed by atoms with van der Waals surface area (Å²) in [5.74, 6) is 0.204. The summed E-state index contributed by atoms with van der Waals surface area (Å²) in [7, 11) is -2.38. The number of sulfonamides is 1. The van der Waals surface area contributed by atoms with Crippen molar-refractivity contribution >= 4 is 27.5 Å². The Balaban J connectivity index is 1.50. The summed E-state index contributed by atoms with van der Waals surface area (Å²) in [5.41, 5.74) is 0.659. The van der Waals surface area contributed by atoms with Crippen molar-refractivity contribution in [2.45, 2.75) is 37.0 Å². The molecule has 2 aromatic rings. The van der Waals surface area contributed by atoms with Crippen molar-refractivity contribution in [1.82, 2.24) is 10.6 Å². The summed E-state index contributed by atoms with van der Waals surface area (Å²) < 4.78 is 33.0. The number of benzene rings is 2. The lowest BCUT2D eigenvalue weighted by molar-refractivity contribution is -0.125. The number of carbonyl (C=O) groups excluding carboxylic acids is 2. The van der Waals surface area contributed by atoms with Gasteiger partial charge in [0.25, 0.3) is 15.9 Å². The molecule has 172 valence electrons. The van der Waals surface area contributed by atoms with E-state index >= 15 is 0 Å². The minimum absolute atomic E-state index is 0.0275. The van der Waals surface area contributed by atoms with Crippen LogP contribution in [-0.4, -0.2) is 40.4 Å². The van der Waals surface area contributed by atoms with Crippen LogP contribution in [0.1, 0.15) is 42.5 Å². The monoisotopic (exact) mass is 459 g/mol. The van der Waals surface area contributed by atoms with Gasteiger partial charge >= 0.3 is 0 Å². The van der Waals surface area contributed by atoms with Crippen molar-refractivity contribution in [3.63, 3.8) is 0 Å². The molecule has 0 heterocycles. The van der Waals surface area contributed by atoms with Gasteiger partial charge in [-0.2, -0.15) is 0 Å². The van der Waals surface area contributed by atoms with E-state index in [9.17, 15) is 18.0 Å². The Hall–Kier alpha value is -3.07. The summed E-state index contributed by atoms with van der Waals surface area (Å²) in [6.45, 7) is 0.656. The fourth-order valence-corrected chi connectivity index (χ4v) is 4.76. The molecule has 0 aromatic heterocycles. The molecule has 0 radical (unpaired) electrons. The molecule has 0 spiro atoms. The molecular weight excluding hydrogens is 430 g/mol. The molecule has 2 aromatic carbocycles. The van der Waals surface area contributed by atoms with Crippen LogP contribution >= 0.6 is 0 Å². The fourth-order valence-electron chi connectivity index (χ4n) is 3.69. The van der Waals surface area contributed by atoms with Gasteiger partial charge in [0.2, 0.25) is 5.91 Å². The average molecular weight is 460 g/mol. The fraction of sp³-hybridized carbons (Fsp3) is 0.391. The first kappa shape index (κ1) is 23.6. The predicted octanol–water partition coefficient (Wildman–Crippen LogP) is 2.92. The lowest BCUT2D eigenvalue weighted by Gasteiger charge is -2.20. The Bertz CT molecular complexity index is 1030. The maximum atomic E-state index is 12.6. The van der Waals surface area contributed by atoms with Crippen LogP contribution in [0.5, 0.6) is 5.75 Å². The third-order valence-electron chi connectivity index (χ3n) is 5.46. The number of hydrogen-bond acceptors (Lipinski definition) is 5. The molecule has 2 amide bonds.